The van der Waals surface area contributed by atoms with Gasteiger partial charge in [-0.25, -0.2) is 0 Å². The largest absolute Gasteiger partial charge is 0.497 e. The minimum absolute atomic E-state index is 0.767. The van der Waals surface area contributed by atoms with Gasteiger partial charge in [0.15, 0.2) is 11.2 Å². The molecule has 5 aromatic rings. The first kappa shape index (κ1) is 24.4. The molecule has 0 aliphatic heterocycles. The zero-order chi connectivity index (χ0) is 26.3. The smallest absolute Gasteiger partial charge is 0.255 e. The van der Waals surface area contributed by atoms with Crippen LogP contribution in [0.15, 0.2) is 79.1 Å². The minimum atomic E-state index is 0.767. The number of anilines is 1. The molecule has 0 fully saturated rings. The highest BCUT2D eigenvalue weighted by molar-refractivity contribution is 5.80. The second-order valence-electron chi connectivity index (χ2n) is 9.76. The van der Waals surface area contributed by atoms with Gasteiger partial charge in [-0.2, -0.15) is 8.97 Å². The van der Waals surface area contributed by atoms with Gasteiger partial charge in [0.1, 0.15) is 22.9 Å². The lowest BCUT2D eigenvalue weighted by Gasteiger charge is -2.13. The van der Waals surface area contributed by atoms with Crippen molar-refractivity contribution in [2.75, 3.05) is 33.2 Å². The van der Waals surface area contributed by atoms with Crippen molar-refractivity contribution in [3.05, 3.63) is 95.8 Å². The third-order valence-corrected chi connectivity index (χ3v) is 6.96. The van der Waals surface area contributed by atoms with Crippen LogP contribution in [-0.2, 0) is 0 Å². The van der Waals surface area contributed by atoms with E-state index in [4.69, 9.17) is 9.47 Å². The van der Waals surface area contributed by atoms with Crippen LogP contribution in [0, 0.1) is 20.8 Å². The molecule has 0 atom stereocenters. The molecule has 0 saturated carbocycles. The van der Waals surface area contributed by atoms with Crippen LogP contribution in [0.25, 0.3) is 33.7 Å². The zero-order valence-corrected chi connectivity index (χ0v) is 22.7. The molecule has 0 saturated heterocycles. The number of rotatable bonds is 6. The minimum Gasteiger partial charge on any atom is -0.497 e. The average Bonchev–Trinajstić information content (AvgIpc) is 3.26. The maximum atomic E-state index is 5.78. The Morgan fingerprint density at radius 3 is 2.11 bits per heavy atom. The molecule has 0 unspecified atom stereocenters. The van der Waals surface area contributed by atoms with E-state index in [1.165, 1.54) is 28.1 Å². The number of fused-ring (bicyclic) bond motifs is 1. The summed E-state index contributed by atoms with van der Waals surface area (Å²) >= 11 is 0. The van der Waals surface area contributed by atoms with E-state index in [9.17, 15) is 0 Å². The molecule has 2 aromatic heterocycles. The lowest BCUT2D eigenvalue weighted by atomic mass is 10.0. The summed E-state index contributed by atoms with van der Waals surface area (Å²) in [6.07, 6.45) is 2.20. The zero-order valence-electron chi connectivity index (χ0n) is 22.7. The summed E-state index contributed by atoms with van der Waals surface area (Å²) in [4.78, 5) is 2.12. The number of benzene rings is 3. The maximum absolute atomic E-state index is 5.78. The molecule has 0 N–H and O–H groups in total. The number of imidazole rings is 1. The fraction of sp³-hybridized carbons (Fsp3) is 0.219. The number of hydrogen-bond donors (Lipinski definition) is 0. The van der Waals surface area contributed by atoms with Gasteiger partial charge in [-0.15, -0.1) is 0 Å². The topological polar surface area (TPSA) is 30.0 Å². The van der Waals surface area contributed by atoms with Crippen molar-refractivity contribution >= 4 is 11.2 Å². The van der Waals surface area contributed by atoms with Gasteiger partial charge in [-0.05, 0) is 80.4 Å². The van der Waals surface area contributed by atoms with E-state index in [1.54, 1.807) is 14.2 Å². The van der Waals surface area contributed by atoms with Crippen LogP contribution in [0.4, 0.5) is 5.69 Å². The molecule has 37 heavy (non-hydrogen) atoms. The molecule has 0 aliphatic rings. The van der Waals surface area contributed by atoms with Crippen molar-refractivity contribution in [1.29, 1.82) is 0 Å². The van der Waals surface area contributed by atoms with Crippen LogP contribution >= 0.6 is 0 Å². The molecule has 188 valence electrons. The molecule has 5 heteroatoms. The Hall–Kier alpha value is -4.25. The summed E-state index contributed by atoms with van der Waals surface area (Å²) in [6.45, 7) is 6.54. The third kappa shape index (κ3) is 4.31. The number of ether oxygens (including phenoxy) is 2. The maximum Gasteiger partial charge on any atom is 0.255 e. The van der Waals surface area contributed by atoms with Gasteiger partial charge < -0.3 is 14.4 Å². The Balaban J connectivity index is 1.84. The Bertz CT molecular complexity index is 1570. The van der Waals surface area contributed by atoms with Crippen LogP contribution in [0.3, 0.4) is 0 Å². The molecule has 0 amide bonds. The molecular formula is C32H34N3O2+. The van der Waals surface area contributed by atoms with E-state index in [0.717, 1.165) is 39.5 Å². The number of pyridine rings is 1. The van der Waals surface area contributed by atoms with Crippen LogP contribution < -0.4 is 18.9 Å². The lowest BCUT2D eigenvalue weighted by Crippen LogP contribution is -2.33. The first-order valence-electron chi connectivity index (χ1n) is 12.5. The standard InChI is InChI=1S/C32H34N3O2/c1-21-17-22(2)31(23(3)18-21)35-20-34-28(27-16-15-26(36-6)19-30(27)37-7)9-8-10-29(34)32(35)24-11-13-25(14-12-24)33(4)5/h8-20H,1-7H3/q+1. The molecule has 5 rings (SSSR count). The number of nitrogens with zero attached hydrogens (tertiary/aromatic N) is 3. The first-order valence-corrected chi connectivity index (χ1v) is 12.5. The summed E-state index contributed by atoms with van der Waals surface area (Å²) < 4.78 is 15.8. The summed E-state index contributed by atoms with van der Waals surface area (Å²) in [5.74, 6) is 1.54. The number of hydrogen-bond acceptors (Lipinski definition) is 3. The van der Waals surface area contributed by atoms with Crippen molar-refractivity contribution in [2.45, 2.75) is 20.8 Å². The van der Waals surface area contributed by atoms with Crippen molar-refractivity contribution in [3.63, 3.8) is 0 Å². The highest BCUT2D eigenvalue weighted by Crippen LogP contribution is 2.36. The van der Waals surface area contributed by atoms with Crippen LogP contribution in [0.2, 0.25) is 0 Å². The second kappa shape index (κ2) is 9.66. The molecule has 0 bridgehead atoms. The lowest BCUT2D eigenvalue weighted by molar-refractivity contribution is -0.583. The monoisotopic (exact) mass is 492 g/mol. The second-order valence-corrected chi connectivity index (χ2v) is 9.76. The van der Waals surface area contributed by atoms with Gasteiger partial charge in [-0.3, -0.25) is 0 Å². The number of methoxy groups -OCH3 is 2. The van der Waals surface area contributed by atoms with Crippen LogP contribution in [0.1, 0.15) is 16.7 Å². The normalized spacial score (nSPS) is 11.1. The van der Waals surface area contributed by atoms with Crippen molar-refractivity contribution in [1.82, 2.24) is 4.40 Å². The van der Waals surface area contributed by atoms with Gasteiger partial charge in [-0.1, -0.05) is 23.8 Å². The fourth-order valence-corrected chi connectivity index (χ4v) is 5.29. The molecule has 0 aliphatic carbocycles. The summed E-state index contributed by atoms with van der Waals surface area (Å²) in [5.41, 5.74) is 11.6. The highest BCUT2D eigenvalue weighted by atomic mass is 16.5. The van der Waals surface area contributed by atoms with E-state index in [2.05, 4.69) is 116 Å². The predicted molar refractivity (Wildman–Crippen MR) is 151 cm³/mol. The van der Waals surface area contributed by atoms with Crippen LogP contribution in [-0.4, -0.2) is 32.7 Å². The first-order chi connectivity index (χ1) is 17.8. The number of aromatic nitrogens is 2. The number of aryl methyl sites for hydroxylation is 3. The average molecular weight is 493 g/mol. The van der Waals surface area contributed by atoms with Gasteiger partial charge in [0.25, 0.3) is 6.33 Å². The Kier molecular flexibility index (Phi) is 6.38. The molecule has 0 radical (unpaired) electrons. The quantitative estimate of drug-likeness (QED) is 0.252. The molecular weight excluding hydrogens is 458 g/mol. The predicted octanol–water partition coefficient (Wildman–Crippen LogP) is 6.56. The fourth-order valence-electron chi connectivity index (χ4n) is 5.29. The Morgan fingerprint density at radius 1 is 0.784 bits per heavy atom. The molecule has 5 nitrogen and oxygen atoms in total. The van der Waals surface area contributed by atoms with E-state index in [0.29, 0.717) is 0 Å². The van der Waals surface area contributed by atoms with Gasteiger partial charge in [0.05, 0.1) is 19.8 Å². The van der Waals surface area contributed by atoms with Crippen molar-refractivity contribution in [3.8, 4) is 39.7 Å². The van der Waals surface area contributed by atoms with E-state index in [1.807, 2.05) is 12.1 Å². The van der Waals surface area contributed by atoms with Crippen molar-refractivity contribution in [2.24, 2.45) is 0 Å². The van der Waals surface area contributed by atoms with E-state index >= 15 is 0 Å². The molecule has 0 spiro atoms. The van der Waals surface area contributed by atoms with Gasteiger partial charge >= 0.3 is 0 Å². The third-order valence-electron chi connectivity index (χ3n) is 6.96. The van der Waals surface area contributed by atoms with E-state index in [-0.39, 0.29) is 0 Å². The highest BCUT2D eigenvalue weighted by Gasteiger charge is 2.26. The Morgan fingerprint density at radius 2 is 1.49 bits per heavy atom. The Labute approximate surface area is 219 Å². The summed E-state index contributed by atoms with van der Waals surface area (Å²) in [7, 11) is 7.50. The van der Waals surface area contributed by atoms with Gasteiger partial charge in [0.2, 0.25) is 0 Å². The van der Waals surface area contributed by atoms with Gasteiger partial charge in [0, 0.05) is 31.4 Å². The molecule has 3 aromatic carbocycles. The SMILES string of the molecule is COc1ccc(-c2cccc3c(-c4ccc(N(C)C)cc4)[n+](-c4c(C)cc(C)cc4C)cn23)c(OC)c1. The van der Waals surface area contributed by atoms with Crippen molar-refractivity contribution < 1.29 is 14.0 Å². The summed E-state index contributed by atoms with van der Waals surface area (Å²) in [5, 5.41) is 0. The van der Waals surface area contributed by atoms with E-state index < -0.39 is 0 Å². The summed E-state index contributed by atoms with van der Waals surface area (Å²) in [6, 6.07) is 25.7. The molecule has 2 heterocycles. The van der Waals surface area contributed by atoms with Crippen LogP contribution in [0.5, 0.6) is 11.5 Å².